The van der Waals surface area contributed by atoms with E-state index in [4.69, 9.17) is 16.7 Å². The Morgan fingerprint density at radius 3 is 2.83 bits per heavy atom. The van der Waals surface area contributed by atoms with E-state index in [1.54, 1.807) is 6.07 Å². The predicted molar refractivity (Wildman–Crippen MR) is 67.8 cm³/mol. The molecule has 1 saturated carbocycles. The van der Waals surface area contributed by atoms with Gasteiger partial charge in [0.15, 0.2) is 5.82 Å². The van der Waals surface area contributed by atoms with Crippen LogP contribution in [0, 0.1) is 11.3 Å². The summed E-state index contributed by atoms with van der Waals surface area (Å²) in [6.07, 6.45) is 2.53. The number of nitriles is 1. The molecule has 0 bridgehead atoms. The van der Waals surface area contributed by atoms with Crippen molar-refractivity contribution in [2.75, 3.05) is 17.2 Å². The molecule has 1 aromatic rings. The topological polar surface area (TPSA) is 109 Å². The van der Waals surface area contributed by atoms with Crippen LogP contribution in [0.4, 0.5) is 11.5 Å². The first kappa shape index (κ1) is 12.2. The maximum atomic E-state index is 11.1. The van der Waals surface area contributed by atoms with Crippen LogP contribution >= 0.6 is 0 Å². The third-order valence-corrected chi connectivity index (χ3v) is 2.88. The number of amides is 1. The first-order chi connectivity index (χ1) is 8.63. The summed E-state index contributed by atoms with van der Waals surface area (Å²) in [5, 5.41) is 8.67. The van der Waals surface area contributed by atoms with E-state index < -0.39 is 5.91 Å². The summed E-state index contributed by atoms with van der Waals surface area (Å²) in [5.41, 5.74) is 11.8. The molecule has 6 nitrogen and oxygen atoms in total. The summed E-state index contributed by atoms with van der Waals surface area (Å²) >= 11 is 0. The van der Waals surface area contributed by atoms with Gasteiger partial charge in [0.25, 0.3) is 5.91 Å². The normalized spacial score (nSPS) is 13.9. The Balaban J connectivity index is 2.30. The maximum Gasteiger partial charge on any atom is 0.267 e. The Kier molecular flexibility index (Phi) is 3.33. The second-order valence-corrected chi connectivity index (χ2v) is 4.31. The fourth-order valence-corrected chi connectivity index (χ4v) is 1.84. The van der Waals surface area contributed by atoms with Gasteiger partial charge in [0.1, 0.15) is 5.69 Å². The van der Waals surface area contributed by atoms with Gasteiger partial charge in [-0.05, 0) is 25.0 Å². The molecule has 1 heterocycles. The van der Waals surface area contributed by atoms with Crippen LogP contribution < -0.4 is 16.4 Å². The lowest BCUT2D eigenvalue weighted by Gasteiger charge is -2.24. The van der Waals surface area contributed by atoms with Crippen molar-refractivity contribution >= 4 is 17.4 Å². The highest BCUT2D eigenvalue weighted by Crippen LogP contribution is 2.33. The minimum atomic E-state index is -0.577. The van der Waals surface area contributed by atoms with Gasteiger partial charge in [-0.25, -0.2) is 4.98 Å². The lowest BCUT2D eigenvalue weighted by atomic mass is 10.2. The van der Waals surface area contributed by atoms with Gasteiger partial charge in [0.05, 0.1) is 18.2 Å². The van der Waals surface area contributed by atoms with Gasteiger partial charge < -0.3 is 16.4 Å². The van der Waals surface area contributed by atoms with Crippen molar-refractivity contribution in [1.82, 2.24) is 4.98 Å². The van der Waals surface area contributed by atoms with Crippen molar-refractivity contribution in [3.8, 4) is 6.07 Å². The highest BCUT2D eigenvalue weighted by molar-refractivity contribution is 5.92. The number of carbonyl (C=O) groups excluding carboxylic acids is 1. The number of rotatable bonds is 5. The minimum absolute atomic E-state index is 0.196. The van der Waals surface area contributed by atoms with Gasteiger partial charge >= 0.3 is 0 Å². The molecule has 94 valence electrons. The Labute approximate surface area is 105 Å². The largest absolute Gasteiger partial charge is 0.396 e. The summed E-state index contributed by atoms with van der Waals surface area (Å²) in [4.78, 5) is 17.3. The van der Waals surface area contributed by atoms with Gasteiger partial charge in [-0.15, -0.1) is 0 Å². The zero-order valence-corrected chi connectivity index (χ0v) is 9.97. The van der Waals surface area contributed by atoms with Crippen molar-refractivity contribution in [2.24, 2.45) is 5.73 Å². The molecule has 1 aromatic heterocycles. The Bertz CT molecular complexity index is 504. The number of aromatic nitrogens is 1. The minimum Gasteiger partial charge on any atom is -0.396 e. The smallest absolute Gasteiger partial charge is 0.267 e. The zero-order valence-electron chi connectivity index (χ0n) is 9.97. The van der Waals surface area contributed by atoms with Crippen molar-refractivity contribution in [3.05, 3.63) is 17.8 Å². The van der Waals surface area contributed by atoms with Crippen LogP contribution in [0.5, 0.6) is 0 Å². The maximum absolute atomic E-state index is 11.1. The first-order valence-electron chi connectivity index (χ1n) is 5.83. The molecule has 0 radical (unpaired) electrons. The molecule has 0 unspecified atom stereocenters. The number of primary amides is 1. The predicted octanol–water partition coefficient (Wildman–Crippen LogP) is 0.645. The number of anilines is 2. The second-order valence-electron chi connectivity index (χ2n) is 4.31. The average molecular weight is 245 g/mol. The Morgan fingerprint density at radius 2 is 2.28 bits per heavy atom. The fraction of sp³-hybridized carbons (Fsp3) is 0.417. The monoisotopic (exact) mass is 245 g/mol. The molecule has 0 aliphatic heterocycles. The number of nitrogen functional groups attached to an aromatic ring is 1. The fourth-order valence-electron chi connectivity index (χ4n) is 1.84. The third-order valence-electron chi connectivity index (χ3n) is 2.88. The molecule has 0 spiro atoms. The van der Waals surface area contributed by atoms with E-state index in [0.717, 1.165) is 12.8 Å². The number of nitrogens with two attached hydrogens (primary N) is 2. The molecule has 1 fully saturated rings. The summed E-state index contributed by atoms with van der Waals surface area (Å²) < 4.78 is 0. The molecule has 6 heteroatoms. The number of hydrogen-bond donors (Lipinski definition) is 2. The molecule has 1 aliphatic carbocycles. The molecule has 0 atom stereocenters. The quantitative estimate of drug-likeness (QED) is 0.791. The summed E-state index contributed by atoms with van der Waals surface area (Å²) in [6, 6.07) is 5.62. The van der Waals surface area contributed by atoms with E-state index in [0.29, 0.717) is 30.5 Å². The van der Waals surface area contributed by atoms with Gasteiger partial charge in [0.2, 0.25) is 0 Å². The highest BCUT2D eigenvalue weighted by atomic mass is 16.1. The van der Waals surface area contributed by atoms with E-state index >= 15 is 0 Å². The van der Waals surface area contributed by atoms with Crippen LogP contribution in [0.25, 0.3) is 0 Å². The molecule has 0 aromatic carbocycles. The van der Waals surface area contributed by atoms with Crippen molar-refractivity contribution in [1.29, 1.82) is 5.26 Å². The van der Waals surface area contributed by atoms with Crippen LogP contribution in [0.2, 0.25) is 0 Å². The van der Waals surface area contributed by atoms with E-state index in [9.17, 15) is 4.79 Å². The molecule has 4 N–H and O–H groups in total. The Hall–Kier alpha value is -2.29. The van der Waals surface area contributed by atoms with E-state index in [-0.39, 0.29) is 5.69 Å². The Morgan fingerprint density at radius 1 is 1.56 bits per heavy atom. The van der Waals surface area contributed by atoms with Crippen LogP contribution in [-0.2, 0) is 0 Å². The zero-order chi connectivity index (χ0) is 13.1. The van der Waals surface area contributed by atoms with E-state index in [2.05, 4.69) is 11.1 Å². The highest BCUT2D eigenvalue weighted by Gasteiger charge is 2.31. The number of pyridine rings is 1. The molecule has 1 amide bonds. The van der Waals surface area contributed by atoms with E-state index in [1.807, 2.05) is 4.90 Å². The average Bonchev–Trinajstić information content (AvgIpc) is 3.15. The lowest BCUT2D eigenvalue weighted by molar-refractivity contribution is 0.0995. The molecule has 2 rings (SSSR count). The molecule has 1 aliphatic rings. The van der Waals surface area contributed by atoms with Gasteiger partial charge in [-0.2, -0.15) is 5.26 Å². The van der Waals surface area contributed by atoms with Crippen LogP contribution in [0.3, 0.4) is 0 Å². The van der Waals surface area contributed by atoms with Gasteiger partial charge in [-0.1, -0.05) is 0 Å². The summed E-state index contributed by atoms with van der Waals surface area (Å²) in [6.45, 7) is 0.570. The summed E-state index contributed by atoms with van der Waals surface area (Å²) in [5.74, 6) is -0.0173. The van der Waals surface area contributed by atoms with Gasteiger partial charge in [0, 0.05) is 12.6 Å². The molecular weight excluding hydrogens is 230 g/mol. The van der Waals surface area contributed by atoms with Crippen molar-refractivity contribution in [2.45, 2.75) is 25.3 Å². The van der Waals surface area contributed by atoms with Crippen molar-refractivity contribution in [3.63, 3.8) is 0 Å². The standard InChI is InChI=1S/C12H15N5O/c13-6-1-7-17(8-2-3-8)12-9(14)4-5-10(16-12)11(15)18/h4-5,8H,1-3,7,14H2,(H2,15,18). The number of nitrogens with zero attached hydrogens (tertiary/aromatic N) is 3. The van der Waals surface area contributed by atoms with Crippen LogP contribution in [-0.4, -0.2) is 23.5 Å². The van der Waals surface area contributed by atoms with E-state index in [1.165, 1.54) is 6.07 Å². The number of carbonyl (C=O) groups is 1. The SMILES string of the molecule is N#CCCN(c1nc(C(N)=O)ccc1N)C1CC1. The van der Waals surface area contributed by atoms with Gasteiger partial charge in [-0.3, -0.25) is 4.79 Å². The van der Waals surface area contributed by atoms with Crippen molar-refractivity contribution < 1.29 is 4.79 Å². The number of hydrogen-bond acceptors (Lipinski definition) is 5. The second kappa shape index (κ2) is 4.92. The molecule has 0 saturated heterocycles. The van der Waals surface area contributed by atoms with Crippen LogP contribution in [0.1, 0.15) is 29.8 Å². The first-order valence-corrected chi connectivity index (χ1v) is 5.83. The third kappa shape index (κ3) is 2.51. The summed E-state index contributed by atoms with van der Waals surface area (Å²) in [7, 11) is 0. The lowest BCUT2D eigenvalue weighted by Crippen LogP contribution is -2.29. The molecule has 18 heavy (non-hydrogen) atoms. The molecular formula is C12H15N5O. The van der Waals surface area contributed by atoms with Crippen LogP contribution in [0.15, 0.2) is 12.1 Å².